The number of rotatable bonds is 5. The normalized spacial score (nSPS) is 12.2. The molecule has 2 N–H and O–H groups in total. The molecule has 0 bridgehead atoms. The molecule has 1 unspecified atom stereocenters. The summed E-state index contributed by atoms with van der Waals surface area (Å²) in [5.74, 6) is -0.233. The van der Waals surface area contributed by atoms with E-state index in [0.717, 1.165) is 6.54 Å². The molecule has 94 valence electrons. The smallest absolute Gasteiger partial charge is 0.228 e. The minimum Gasteiger partial charge on any atom is -0.323 e. The van der Waals surface area contributed by atoms with Gasteiger partial charge in [0.1, 0.15) is 0 Å². The zero-order valence-corrected chi connectivity index (χ0v) is 11.4. The molecule has 1 aromatic rings. The van der Waals surface area contributed by atoms with Gasteiger partial charge in [0.05, 0.1) is 15.7 Å². The van der Waals surface area contributed by atoms with Crippen molar-refractivity contribution in [2.75, 3.05) is 18.4 Å². The predicted octanol–water partition coefficient (Wildman–Crippen LogP) is 3.18. The maximum atomic E-state index is 11.9. The van der Waals surface area contributed by atoms with Crippen LogP contribution in [0.5, 0.6) is 0 Å². The first-order chi connectivity index (χ1) is 8.06. The van der Waals surface area contributed by atoms with E-state index in [2.05, 4.69) is 10.6 Å². The third-order valence-corrected chi connectivity index (χ3v) is 2.99. The van der Waals surface area contributed by atoms with Crippen LogP contribution in [0.4, 0.5) is 5.69 Å². The Labute approximate surface area is 111 Å². The van der Waals surface area contributed by atoms with Gasteiger partial charge in [-0.3, -0.25) is 4.79 Å². The van der Waals surface area contributed by atoms with E-state index in [1.54, 1.807) is 18.2 Å². The van der Waals surface area contributed by atoms with Crippen LogP contribution < -0.4 is 10.6 Å². The molecule has 3 nitrogen and oxygen atoms in total. The molecule has 1 aromatic carbocycles. The van der Waals surface area contributed by atoms with Crippen molar-refractivity contribution in [3.63, 3.8) is 0 Å². The summed E-state index contributed by atoms with van der Waals surface area (Å²) in [6.07, 6.45) is 0. The molecular formula is C12H16Cl2N2O. The highest BCUT2D eigenvalue weighted by Crippen LogP contribution is 2.29. The average Bonchev–Trinajstić information content (AvgIpc) is 2.30. The molecule has 1 amide bonds. The molecule has 0 spiro atoms. The van der Waals surface area contributed by atoms with E-state index in [1.807, 2.05) is 13.8 Å². The summed E-state index contributed by atoms with van der Waals surface area (Å²) in [4.78, 5) is 11.9. The molecule has 1 rings (SSSR count). The van der Waals surface area contributed by atoms with Crippen LogP contribution in [0.25, 0.3) is 0 Å². The fraction of sp³-hybridized carbons (Fsp3) is 0.417. The summed E-state index contributed by atoms with van der Waals surface area (Å²) < 4.78 is 0. The third-order valence-electron chi connectivity index (χ3n) is 2.36. The standard InChI is InChI=1S/C12H16Cl2N2O/c1-3-15-7-8(2)12(17)16-11-9(13)5-4-6-10(11)14/h4-6,8,15H,3,7H2,1-2H3,(H,16,17). The molecule has 0 aromatic heterocycles. The van der Waals surface area contributed by atoms with Gasteiger partial charge in [-0.15, -0.1) is 0 Å². The van der Waals surface area contributed by atoms with Crippen molar-refractivity contribution < 1.29 is 4.79 Å². The van der Waals surface area contributed by atoms with Gasteiger partial charge in [-0.2, -0.15) is 0 Å². The number of benzene rings is 1. The number of amides is 1. The molecular weight excluding hydrogens is 259 g/mol. The van der Waals surface area contributed by atoms with Crippen LogP contribution >= 0.6 is 23.2 Å². The second kappa shape index (κ2) is 6.84. The second-order valence-corrected chi connectivity index (χ2v) is 4.61. The van der Waals surface area contributed by atoms with Crippen LogP contribution in [-0.4, -0.2) is 19.0 Å². The maximum Gasteiger partial charge on any atom is 0.228 e. The van der Waals surface area contributed by atoms with Crippen molar-refractivity contribution >= 4 is 34.8 Å². The number of para-hydroxylation sites is 1. The van der Waals surface area contributed by atoms with Crippen LogP contribution in [0.1, 0.15) is 13.8 Å². The SMILES string of the molecule is CCNCC(C)C(=O)Nc1c(Cl)cccc1Cl. The Bertz CT molecular complexity index is 376. The zero-order chi connectivity index (χ0) is 12.8. The fourth-order valence-electron chi connectivity index (χ4n) is 1.32. The first-order valence-corrected chi connectivity index (χ1v) is 6.27. The zero-order valence-electron chi connectivity index (χ0n) is 9.89. The van der Waals surface area contributed by atoms with E-state index in [-0.39, 0.29) is 11.8 Å². The maximum absolute atomic E-state index is 11.9. The van der Waals surface area contributed by atoms with Crippen molar-refractivity contribution in [1.82, 2.24) is 5.32 Å². The minimum atomic E-state index is -0.137. The third kappa shape index (κ3) is 4.19. The highest BCUT2D eigenvalue weighted by atomic mass is 35.5. The van der Waals surface area contributed by atoms with Crippen molar-refractivity contribution in [3.05, 3.63) is 28.2 Å². The average molecular weight is 275 g/mol. The Hall–Kier alpha value is -0.770. The van der Waals surface area contributed by atoms with Crippen molar-refractivity contribution in [2.45, 2.75) is 13.8 Å². The Morgan fingerprint density at radius 1 is 1.35 bits per heavy atom. The monoisotopic (exact) mass is 274 g/mol. The highest BCUT2D eigenvalue weighted by Gasteiger charge is 2.15. The van der Waals surface area contributed by atoms with Gasteiger partial charge in [0.15, 0.2) is 0 Å². The van der Waals surface area contributed by atoms with E-state index in [4.69, 9.17) is 23.2 Å². The molecule has 0 radical (unpaired) electrons. The van der Waals surface area contributed by atoms with Gasteiger partial charge in [-0.1, -0.05) is 43.1 Å². The number of carbonyl (C=O) groups is 1. The Morgan fingerprint density at radius 2 is 1.94 bits per heavy atom. The van der Waals surface area contributed by atoms with Gasteiger partial charge in [0.2, 0.25) is 5.91 Å². The number of carbonyl (C=O) groups excluding carboxylic acids is 1. The summed E-state index contributed by atoms with van der Waals surface area (Å²) in [5.41, 5.74) is 0.476. The molecule has 17 heavy (non-hydrogen) atoms. The molecule has 0 saturated carbocycles. The summed E-state index contributed by atoms with van der Waals surface area (Å²) in [7, 11) is 0. The lowest BCUT2D eigenvalue weighted by Gasteiger charge is -2.14. The van der Waals surface area contributed by atoms with Crippen molar-refractivity contribution in [2.24, 2.45) is 5.92 Å². The molecule has 0 aliphatic carbocycles. The van der Waals surface area contributed by atoms with Gasteiger partial charge < -0.3 is 10.6 Å². The van der Waals surface area contributed by atoms with Gasteiger partial charge in [0, 0.05) is 12.5 Å². The largest absolute Gasteiger partial charge is 0.323 e. The molecule has 0 saturated heterocycles. The Kier molecular flexibility index (Phi) is 5.75. The van der Waals surface area contributed by atoms with Crippen molar-refractivity contribution in [3.8, 4) is 0 Å². The van der Waals surface area contributed by atoms with Crippen LogP contribution in [0.3, 0.4) is 0 Å². The molecule has 0 fully saturated rings. The summed E-state index contributed by atoms with van der Waals surface area (Å²) >= 11 is 11.9. The van der Waals surface area contributed by atoms with Gasteiger partial charge in [-0.25, -0.2) is 0 Å². The lowest BCUT2D eigenvalue weighted by molar-refractivity contribution is -0.119. The van der Waals surface area contributed by atoms with Gasteiger partial charge in [0.25, 0.3) is 0 Å². The first-order valence-electron chi connectivity index (χ1n) is 5.51. The molecule has 0 heterocycles. The van der Waals surface area contributed by atoms with Crippen LogP contribution in [-0.2, 0) is 4.79 Å². The van der Waals surface area contributed by atoms with Gasteiger partial charge >= 0.3 is 0 Å². The quantitative estimate of drug-likeness (QED) is 0.866. The topological polar surface area (TPSA) is 41.1 Å². The Balaban J connectivity index is 2.68. The Morgan fingerprint density at radius 3 is 2.47 bits per heavy atom. The fourth-order valence-corrected chi connectivity index (χ4v) is 1.81. The predicted molar refractivity (Wildman–Crippen MR) is 72.8 cm³/mol. The molecule has 0 aliphatic heterocycles. The highest BCUT2D eigenvalue weighted by molar-refractivity contribution is 6.39. The summed E-state index contributed by atoms with van der Waals surface area (Å²) in [6, 6.07) is 5.12. The summed E-state index contributed by atoms with van der Waals surface area (Å²) in [6.45, 7) is 5.31. The lowest BCUT2D eigenvalue weighted by atomic mass is 10.1. The first kappa shape index (κ1) is 14.3. The molecule has 1 atom stereocenters. The van der Waals surface area contributed by atoms with Gasteiger partial charge in [-0.05, 0) is 18.7 Å². The van der Waals surface area contributed by atoms with E-state index >= 15 is 0 Å². The minimum absolute atomic E-state index is 0.0963. The van der Waals surface area contributed by atoms with E-state index in [9.17, 15) is 4.79 Å². The number of halogens is 2. The number of hydrogen-bond acceptors (Lipinski definition) is 2. The number of hydrogen-bond donors (Lipinski definition) is 2. The number of nitrogens with one attached hydrogen (secondary N) is 2. The molecule has 0 aliphatic rings. The van der Waals surface area contributed by atoms with E-state index in [1.165, 1.54) is 0 Å². The van der Waals surface area contributed by atoms with Crippen LogP contribution in [0, 0.1) is 5.92 Å². The second-order valence-electron chi connectivity index (χ2n) is 3.79. The molecule has 5 heteroatoms. The lowest BCUT2D eigenvalue weighted by Crippen LogP contribution is -2.30. The van der Waals surface area contributed by atoms with Crippen LogP contribution in [0.2, 0.25) is 10.0 Å². The number of anilines is 1. The summed E-state index contributed by atoms with van der Waals surface area (Å²) in [5, 5.41) is 6.75. The van der Waals surface area contributed by atoms with Crippen LogP contribution in [0.15, 0.2) is 18.2 Å². The van der Waals surface area contributed by atoms with E-state index in [0.29, 0.717) is 22.3 Å². The van der Waals surface area contributed by atoms with Crippen molar-refractivity contribution in [1.29, 1.82) is 0 Å². The van der Waals surface area contributed by atoms with E-state index < -0.39 is 0 Å².